The van der Waals surface area contributed by atoms with Crippen LogP contribution in [0.1, 0.15) is 19.4 Å². The number of rotatable bonds is 12. The molecule has 1 N–H and O–H groups in total. The molecule has 0 aliphatic rings. The minimum atomic E-state index is -3.32. The van der Waals surface area contributed by atoms with Crippen LogP contribution in [0.4, 0.5) is 5.69 Å². The van der Waals surface area contributed by atoms with Crippen molar-refractivity contribution in [3.8, 4) is 17.2 Å². The first-order chi connectivity index (χ1) is 15.0. The molecule has 0 atom stereocenters. The van der Waals surface area contributed by atoms with Gasteiger partial charge in [0.1, 0.15) is 12.4 Å². The highest BCUT2D eigenvalue weighted by Crippen LogP contribution is 2.31. The van der Waals surface area contributed by atoms with Crippen molar-refractivity contribution in [3.63, 3.8) is 0 Å². The van der Waals surface area contributed by atoms with Gasteiger partial charge in [-0.2, -0.15) is 0 Å². The van der Waals surface area contributed by atoms with Crippen LogP contribution in [0, 0.1) is 7.14 Å². The van der Waals surface area contributed by atoms with Gasteiger partial charge in [0.05, 0.1) is 33.3 Å². The molecule has 32 heavy (non-hydrogen) atoms. The average Bonchev–Trinajstić information content (AvgIpc) is 2.70. The van der Waals surface area contributed by atoms with Crippen LogP contribution in [0.25, 0.3) is 0 Å². The summed E-state index contributed by atoms with van der Waals surface area (Å²) in [7, 11) is -0.0382. The molecular weight excluding hydrogens is 658 g/mol. The molecule has 0 bridgehead atoms. The maximum Gasteiger partial charge on any atom is 0.229 e. The van der Waals surface area contributed by atoms with E-state index in [0.29, 0.717) is 18.3 Å². The van der Waals surface area contributed by atoms with E-state index in [9.17, 15) is 8.42 Å². The lowest BCUT2D eigenvalue weighted by atomic mass is 10.1. The number of hydrogen-bond acceptors (Lipinski definition) is 6. The molecule has 2 aromatic carbocycles. The molecule has 7 nitrogen and oxygen atoms in total. The van der Waals surface area contributed by atoms with Gasteiger partial charge < -0.3 is 14.2 Å². The zero-order chi connectivity index (χ0) is 23.9. The largest absolute Gasteiger partial charge is 0.493 e. The van der Waals surface area contributed by atoms with Gasteiger partial charge in [0.15, 0.2) is 11.5 Å². The highest BCUT2D eigenvalue weighted by Gasteiger charge is 2.14. The van der Waals surface area contributed by atoms with Crippen molar-refractivity contribution in [3.05, 3.63) is 43.0 Å². The number of sulfonamides is 1. The van der Waals surface area contributed by atoms with Gasteiger partial charge in [-0.1, -0.05) is 6.07 Å². The maximum absolute atomic E-state index is 11.5. The van der Waals surface area contributed by atoms with Crippen molar-refractivity contribution in [2.45, 2.75) is 26.3 Å². The highest BCUT2D eigenvalue weighted by molar-refractivity contribution is 14.1. The SMILES string of the molecule is COc1ccc(CCN(CCOc2c(I)cc(NS(C)(=O)=O)cc2I)C(C)C)cc1OC. The quantitative estimate of drug-likeness (QED) is 0.329. The molecule has 0 radical (unpaired) electrons. The van der Waals surface area contributed by atoms with Crippen molar-refractivity contribution >= 4 is 60.9 Å². The molecular formula is C22H30I2N2O5S. The maximum atomic E-state index is 11.5. The smallest absolute Gasteiger partial charge is 0.229 e. The van der Waals surface area contributed by atoms with Crippen LogP contribution in [-0.4, -0.2) is 59.5 Å². The van der Waals surface area contributed by atoms with E-state index in [1.165, 1.54) is 5.56 Å². The van der Waals surface area contributed by atoms with Gasteiger partial charge in [0.2, 0.25) is 10.0 Å². The number of nitrogens with one attached hydrogen (secondary N) is 1. The molecule has 0 unspecified atom stereocenters. The summed E-state index contributed by atoms with van der Waals surface area (Å²) in [5, 5.41) is 0. The summed E-state index contributed by atoms with van der Waals surface area (Å²) in [5.41, 5.74) is 1.72. The zero-order valence-electron chi connectivity index (χ0n) is 18.9. The Labute approximate surface area is 218 Å². The van der Waals surface area contributed by atoms with Crippen LogP contribution in [-0.2, 0) is 16.4 Å². The fourth-order valence-corrected chi connectivity index (χ4v) is 5.80. The molecule has 2 aromatic rings. The minimum Gasteiger partial charge on any atom is -0.493 e. The van der Waals surface area contributed by atoms with Gasteiger partial charge in [-0.05, 0) is 95.3 Å². The molecule has 0 heterocycles. The number of hydrogen-bond donors (Lipinski definition) is 1. The first kappa shape index (κ1) is 27.3. The predicted octanol–water partition coefficient (Wildman–Crippen LogP) is 4.62. The van der Waals surface area contributed by atoms with E-state index in [1.807, 2.05) is 12.1 Å². The summed E-state index contributed by atoms with van der Waals surface area (Å²) in [6, 6.07) is 9.94. The summed E-state index contributed by atoms with van der Waals surface area (Å²) in [5.74, 6) is 2.24. The second-order valence-corrected chi connectivity index (χ2v) is 11.6. The van der Waals surface area contributed by atoms with Gasteiger partial charge in [0, 0.05) is 19.1 Å². The van der Waals surface area contributed by atoms with Crippen molar-refractivity contribution < 1.29 is 22.6 Å². The van der Waals surface area contributed by atoms with Crippen molar-refractivity contribution in [2.75, 3.05) is 44.9 Å². The molecule has 0 spiro atoms. The molecule has 0 aliphatic heterocycles. The fourth-order valence-electron chi connectivity index (χ4n) is 3.17. The van der Waals surface area contributed by atoms with E-state index in [0.717, 1.165) is 50.2 Å². The van der Waals surface area contributed by atoms with Crippen LogP contribution < -0.4 is 18.9 Å². The first-order valence-corrected chi connectivity index (χ1v) is 14.1. The van der Waals surface area contributed by atoms with Gasteiger partial charge >= 0.3 is 0 Å². The number of benzene rings is 2. The van der Waals surface area contributed by atoms with E-state index in [4.69, 9.17) is 14.2 Å². The Morgan fingerprint density at radius 2 is 1.62 bits per heavy atom. The molecule has 0 fully saturated rings. The molecule has 178 valence electrons. The number of halogens is 2. The van der Waals surface area contributed by atoms with Crippen LogP contribution >= 0.6 is 45.2 Å². The summed E-state index contributed by atoms with van der Waals surface area (Å²) >= 11 is 4.34. The normalized spacial score (nSPS) is 11.7. The van der Waals surface area contributed by atoms with Crippen LogP contribution in [0.2, 0.25) is 0 Å². The predicted molar refractivity (Wildman–Crippen MR) is 146 cm³/mol. The Bertz CT molecular complexity index is 992. The molecule has 0 aliphatic carbocycles. The summed E-state index contributed by atoms with van der Waals surface area (Å²) in [6.07, 6.45) is 2.03. The molecule has 0 aromatic heterocycles. The number of nitrogens with zero attached hydrogens (tertiary/aromatic N) is 1. The molecule has 0 amide bonds. The Morgan fingerprint density at radius 3 is 2.16 bits per heavy atom. The Balaban J connectivity index is 1.97. The van der Waals surface area contributed by atoms with E-state index in [1.54, 1.807) is 26.4 Å². The fraction of sp³-hybridized carbons (Fsp3) is 0.455. The number of ether oxygens (including phenoxy) is 3. The highest BCUT2D eigenvalue weighted by atomic mass is 127. The third-order valence-electron chi connectivity index (χ3n) is 4.79. The first-order valence-electron chi connectivity index (χ1n) is 10.1. The van der Waals surface area contributed by atoms with E-state index in [-0.39, 0.29) is 0 Å². The minimum absolute atomic E-state index is 0.373. The van der Waals surface area contributed by atoms with E-state index >= 15 is 0 Å². The topological polar surface area (TPSA) is 77.1 Å². The monoisotopic (exact) mass is 688 g/mol. The van der Waals surface area contributed by atoms with Gasteiger partial charge in [0.25, 0.3) is 0 Å². The van der Waals surface area contributed by atoms with Crippen molar-refractivity contribution in [2.24, 2.45) is 0 Å². The lowest BCUT2D eigenvalue weighted by Gasteiger charge is -2.27. The van der Waals surface area contributed by atoms with Gasteiger partial charge in [-0.25, -0.2) is 8.42 Å². The lowest BCUT2D eigenvalue weighted by molar-refractivity contribution is 0.176. The van der Waals surface area contributed by atoms with Gasteiger partial charge in [-0.15, -0.1) is 0 Å². The van der Waals surface area contributed by atoms with E-state index in [2.05, 4.69) is 74.7 Å². The molecule has 10 heteroatoms. The standard InChI is InChI=1S/C22H30I2N2O5S/c1-15(2)26(9-8-16-6-7-20(29-3)21(12-16)30-4)10-11-31-22-18(23)13-17(14-19(22)24)25-32(5,27)28/h6-7,12-15,25H,8-11H2,1-5H3. The van der Waals surface area contributed by atoms with Gasteiger partial charge in [-0.3, -0.25) is 9.62 Å². The van der Waals surface area contributed by atoms with Crippen molar-refractivity contribution in [1.82, 2.24) is 4.90 Å². The molecule has 0 saturated heterocycles. The Morgan fingerprint density at radius 1 is 1.00 bits per heavy atom. The van der Waals surface area contributed by atoms with Crippen molar-refractivity contribution in [1.29, 1.82) is 0 Å². The second kappa shape index (κ2) is 12.5. The van der Waals surface area contributed by atoms with Crippen LogP contribution in [0.15, 0.2) is 30.3 Å². The molecule has 2 rings (SSSR count). The third-order valence-corrected chi connectivity index (χ3v) is 7.00. The summed E-state index contributed by atoms with van der Waals surface area (Å²) < 4.78 is 44.0. The Hall–Kier alpha value is -0.990. The second-order valence-electron chi connectivity index (χ2n) is 7.56. The summed E-state index contributed by atoms with van der Waals surface area (Å²) in [4.78, 5) is 2.37. The zero-order valence-corrected chi connectivity index (χ0v) is 24.1. The van der Waals surface area contributed by atoms with Crippen LogP contribution in [0.5, 0.6) is 17.2 Å². The lowest BCUT2D eigenvalue weighted by Crippen LogP contribution is -2.36. The number of methoxy groups -OCH3 is 2. The average molecular weight is 688 g/mol. The van der Waals surface area contributed by atoms with Crippen LogP contribution in [0.3, 0.4) is 0 Å². The number of anilines is 1. The Kier molecular flexibility index (Phi) is 10.6. The molecule has 0 saturated carbocycles. The third kappa shape index (κ3) is 8.41. The summed E-state index contributed by atoms with van der Waals surface area (Å²) in [6.45, 7) is 6.55. The van der Waals surface area contributed by atoms with E-state index < -0.39 is 10.0 Å².